The van der Waals surface area contributed by atoms with Crippen LogP contribution in [0.5, 0.6) is 0 Å². The van der Waals surface area contributed by atoms with Crippen LogP contribution in [0.4, 0.5) is 0 Å². The number of aliphatic imine (C=N–C) groups is 1. The minimum atomic E-state index is -0.551. The summed E-state index contributed by atoms with van der Waals surface area (Å²) in [5, 5.41) is 0.861. The molecule has 1 aromatic carbocycles. The molecule has 0 fully saturated rings. The highest BCUT2D eigenvalue weighted by Gasteiger charge is 2.26. The van der Waals surface area contributed by atoms with Gasteiger partial charge >= 0.3 is 5.97 Å². The monoisotopic (exact) mass is 321 g/mol. The first-order chi connectivity index (χ1) is 10.0. The molecule has 0 bridgehead atoms. The highest BCUT2D eigenvalue weighted by atomic mass is 35.5. The molecular formula is C15H9Cl2NO3. The van der Waals surface area contributed by atoms with E-state index < -0.39 is 5.97 Å². The van der Waals surface area contributed by atoms with Crippen molar-refractivity contribution in [1.29, 1.82) is 0 Å². The van der Waals surface area contributed by atoms with Crippen molar-refractivity contribution in [3.05, 3.63) is 63.2 Å². The summed E-state index contributed by atoms with van der Waals surface area (Å²) in [6, 6.07) is 8.41. The number of benzene rings is 1. The van der Waals surface area contributed by atoms with E-state index in [0.717, 1.165) is 5.76 Å². The van der Waals surface area contributed by atoms with E-state index in [2.05, 4.69) is 4.99 Å². The predicted octanol–water partition coefficient (Wildman–Crippen LogP) is 4.24. The van der Waals surface area contributed by atoms with Crippen LogP contribution in [-0.2, 0) is 9.53 Å². The van der Waals surface area contributed by atoms with Gasteiger partial charge in [-0.15, -0.1) is 0 Å². The maximum absolute atomic E-state index is 11.8. The average Bonchev–Trinajstić information content (AvgIpc) is 2.97. The summed E-state index contributed by atoms with van der Waals surface area (Å²) in [5.74, 6) is 0.881. The molecule has 0 atom stereocenters. The standard InChI is InChI=1S/C15H9Cl2NO3/c1-8-2-4-10(20-8)7-13-15(19)21-14(18-13)11-5-3-9(16)6-12(11)17/h2-7H,1H3. The van der Waals surface area contributed by atoms with E-state index in [1.165, 1.54) is 6.08 Å². The van der Waals surface area contributed by atoms with E-state index in [1.807, 2.05) is 6.92 Å². The number of esters is 1. The number of carbonyl (C=O) groups is 1. The molecule has 1 aromatic heterocycles. The van der Waals surface area contributed by atoms with Crippen molar-refractivity contribution in [2.75, 3.05) is 0 Å². The molecule has 6 heteroatoms. The number of furan rings is 1. The number of cyclic esters (lactones) is 1. The topological polar surface area (TPSA) is 51.8 Å². The first-order valence-corrected chi connectivity index (χ1v) is 6.83. The van der Waals surface area contributed by atoms with E-state index >= 15 is 0 Å². The Morgan fingerprint density at radius 3 is 2.67 bits per heavy atom. The van der Waals surface area contributed by atoms with Crippen LogP contribution in [0.25, 0.3) is 6.08 Å². The van der Waals surface area contributed by atoms with Gasteiger partial charge in [-0.05, 0) is 37.3 Å². The van der Waals surface area contributed by atoms with Crippen LogP contribution < -0.4 is 0 Å². The lowest BCUT2D eigenvalue weighted by Crippen LogP contribution is -2.05. The van der Waals surface area contributed by atoms with Crippen LogP contribution in [0.15, 0.2) is 45.4 Å². The number of ether oxygens (including phenoxy) is 1. The SMILES string of the molecule is Cc1ccc(C=C2N=C(c3ccc(Cl)cc3Cl)OC2=O)o1. The average molecular weight is 322 g/mol. The van der Waals surface area contributed by atoms with Crippen molar-refractivity contribution in [2.24, 2.45) is 4.99 Å². The smallest absolute Gasteiger partial charge is 0.363 e. The van der Waals surface area contributed by atoms with Crippen molar-refractivity contribution in [2.45, 2.75) is 6.92 Å². The molecule has 3 rings (SSSR count). The van der Waals surface area contributed by atoms with Gasteiger partial charge in [0.2, 0.25) is 5.90 Å². The molecule has 0 amide bonds. The largest absolute Gasteiger partial charge is 0.462 e. The maximum atomic E-state index is 11.8. The molecule has 1 aliphatic heterocycles. The molecule has 0 spiro atoms. The Balaban J connectivity index is 1.97. The Kier molecular flexibility index (Phi) is 3.57. The van der Waals surface area contributed by atoms with Crippen molar-refractivity contribution in [3.63, 3.8) is 0 Å². The van der Waals surface area contributed by atoms with E-state index in [-0.39, 0.29) is 11.6 Å². The van der Waals surface area contributed by atoms with Crippen LogP contribution in [0, 0.1) is 6.92 Å². The van der Waals surface area contributed by atoms with Crippen molar-refractivity contribution >= 4 is 41.1 Å². The number of hydrogen-bond donors (Lipinski definition) is 0. The first-order valence-electron chi connectivity index (χ1n) is 6.07. The molecule has 1 aliphatic rings. The fourth-order valence-electron chi connectivity index (χ4n) is 1.85. The zero-order chi connectivity index (χ0) is 15.0. The van der Waals surface area contributed by atoms with Gasteiger partial charge in [0, 0.05) is 11.1 Å². The fraction of sp³-hybridized carbons (Fsp3) is 0.0667. The second-order valence-corrected chi connectivity index (χ2v) is 5.25. The lowest BCUT2D eigenvalue weighted by atomic mass is 10.2. The van der Waals surface area contributed by atoms with Crippen molar-refractivity contribution in [1.82, 2.24) is 0 Å². The van der Waals surface area contributed by atoms with Crippen LogP contribution >= 0.6 is 23.2 Å². The van der Waals surface area contributed by atoms with Crippen molar-refractivity contribution in [3.8, 4) is 0 Å². The Morgan fingerprint density at radius 2 is 2.00 bits per heavy atom. The molecule has 2 aromatic rings. The Bertz CT molecular complexity index is 790. The maximum Gasteiger partial charge on any atom is 0.363 e. The normalized spacial score (nSPS) is 16.2. The van der Waals surface area contributed by atoms with Crippen LogP contribution in [0.1, 0.15) is 17.1 Å². The van der Waals surface area contributed by atoms with Gasteiger partial charge in [-0.25, -0.2) is 9.79 Å². The van der Waals surface area contributed by atoms with Gasteiger partial charge in [-0.2, -0.15) is 0 Å². The minimum Gasteiger partial charge on any atom is -0.462 e. The number of aryl methyl sites for hydroxylation is 1. The summed E-state index contributed by atoms with van der Waals surface area (Å²) in [5.41, 5.74) is 0.666. The molecule has 0 saturated heterocycles. The molecule has 0 radical (unpaired) electrons. The second kappa shape index (κ2) is 5.39. The highest BCUT2D eigenvalue weighted by Crippen LogP contribution is 2.26. The minimum absolute atomic E-state index is 0.149. The highest BCUT2D eigenvalue weighted by molar-refractivity contribution is 6.37. The molecule has 0 N–H and O–H groups in total. The zero-order valence-electron chi connectivity index (χ0n) is 10.9. The van der Waals surface area contributed by atoms with E-state index in [9.17, 15) is 4.79 Å². The third kappa shape index (κ3) is 2.86. The molecule has 0 saturated carbocycles. The lowest BCUT2D eigenvalue weighted by Gasteiger charge is -2.02. The number of nitrogens with zero attached hydrogens (tertiary/aromatic N) is 1. The molecule has 106 valence electrons. The Labute approximate surface area is 130 Å². The van der Waals surface area contributed by atoms with Crippen molar-refractivity contribution < 1.29 is 13.9 Å². The molecule has 21 heavy (non-hydrogen) atoms. The van der Waals surface area contributed by atoms with E-state index in [4.69, 9.17) is 32.4 Å². The van der Waals surface area contributed by atoms with E-state index in [0.29, 0.717) is 21.4 Å². The molecular weight excluding hydrogens is 313 g/mol. The summed E-state index contributed by atoms with van der Waals surface area (Å²) in [4.78, 5) is 16.0. The van der Waals surface area contributed by atoms with Gasteiger partial charge in [-0.3, -0.25) is 0 Å². The van der Waals surface area contributed by atoms with Crippen LogP contribution in [-0.4, -0.2) is 11.9 Å². The van der Waals surface area contributed by atoms with Gasteiger partial charge in [-0.1, -0.05) is 23.2 Å². The molecule has 4 nitrogen and oxygen atoms in total. The lowest BCUT2D eigenvalue weighted by molar-refractivity contribution is -0.129. The van der Waals surface area contributed by atoms with Crippen LogP contribution in [0.3, 0.4) is 0 Å². The third-order valence-corrected chi connectivity index (χ3v) is 3.37. The van der Waals surface area contributed by atoms with Gasteiger partial charge < -0.3 is 9.15 Å². The number of hydrogen-bond acceptors (Lipinski definition) is 4. The number of carbonyl (C=O) groups excluding carboxylic acids is 1. The van der Waals surface area contributed by atoms with Gasteiger partial charge in [0.05, 0.1) is 10.6 Å². The first kappa shape index (κ1) is 13.9. The van der Waals surface area contributed by atoms with Gasteiger partial charge in [0.25, 0.3) is 0 Å². The molecule has 0 unspecified atom stereocenters. The summed E-state index contributed by atoms with van der Waals surface area (Å²) in [6.07, 6.45) is 1.52. The zero-order valence-corrected chi connectivity index (χ0v) is 12.4. The number of halogens is 2. The van der Waals surface area contributed by atoms with Crippen LogP contribution in [0.2, 0.25) is 10.0 Å². The summed E-state index contributed by atoms with van der Waals surface area (Å²) < 4.78 is 10.5. The summed E-state index contributed by atoms with van der Waals surface area (Å²) in [6.45, 7) is 1.82. The fourth-order valence-corrected chi connectivity index (χ4v) is 2.34. The summed E-state index contributed by atoms with van der Waals surface area (Å²) in [7, 11) is 0. The molecule has 0 aliphatic carbocycles. The van der Waals surface area contributed by atoms with Gasteiger partial charge in [0.15, 0.2) is 5.70 Å². The van der Waals surface area contributed by atoms with Gasteiger partial charge in [0.1, 0.15) is 11.5 Å². The van der Waals surface area contributed by atoms with E-state index in [1.54, 1.807) is 30.3 Å². The summed E-state index contributed by atoms with van der Waals surface area (Å²) >= 11 is 11.9. The number of rotatable bonds is 2. The Hall–Kier alpha value is -2.04. The predicted molar refractivity (Wildman–Crippen MR) is 80.5 cm³/mol. The molecule has 2 heterocycles. The Morgan fingerprint density at radius 1 is 1.19 bits per heavy atom. The quantitative estimate of drug-likeness (QED) is 0.614. The third-order valence-electron chi connectivity index (χ3n) is 2.82. The second-order valence-electron chi connectivity index (χ2n) is 4.41.